The molecule has 5 rings (SSSR count). The van der Waals surface area contributed by atoms with E-state index in [2.05, 4.69) is 19.9 Å². The molecule has 33 heavy (non-hydrogen) atoms. The smallest absolute Gasteiger partial charge is 0.454 e. The van der Waals surface area contributed by atoms with Crippen LogP contribution < -0.4 is 19.7 Å². The molecule has 3 aromatic rings. The van der Waals surface area contributed by atoms with E-state index in [0.29, 0.717) is 19.0 Å². The molecule has 2 aromatic carbocycles. The Kier molecular flexibility index (Phi) is 5.29. The Hall–Kier alpha value is -3.79. The van der Waals surface area contributed by atoms with Gasteiger partial charge in [0.25, 0.3) is 5.91 Å². The molecular weight excluding hydrogens is 439 g/mol. The van der Waals surface area contributed by atoms with E-state index in [1.54, 1.807) is 18.3 Å². The van der Waals surface area contributed by atoms with Crippen LogP contribution in [-0.4, -0.2) is 43.6 Å². The van der Waals surface area contributed by atoms with Crippen LogP contribution in [0.2, 0.25) is 0 Å². The quantitative estimate of drug-likeness (QED) is 0.607. The van der Waals surface area contributed by atoms with Gasteiger partial charge in [-0.05, 0) is 47.5 Å². The average molecular weight is 457 g/mol. The molecule has 1 amide bonds. The van der Waals surface area contributed by atoms with Gasteiger partial charge in [-0.25, -0.2) is 4.98 Å². The minimum absolute atomic E-state index is 0.0815. The number of aromatic nitrogens is 1. The monoisotopic (exact) mass is 457 g/mol. The van der Waals surface area contributed by atoms with Crippen molar-refractivity contribution in [1.82, 2.24) is 4.98 Å². The Morgan fingerprint density at radius 2 is 1.73 bits per heavy atom. The summed E-state index contributed by atoms with van der Waals surface area (Å²) in [6.45, 7) is 2.77. The SMILES string of the molecule is O=C1Nc2cc(OC(F)(F)F)ccc2Oc2ccc(-c3ccnc(N4CCOCC4)c3)cc21. The number of pyridine rings is 1. The molecule has 0 saturated carbocycles. The first-order chi connectivity index (χ1) is 15.9. The second kappa shape index (κ2) is 8.28. The number of ether oxygens (including phenoxy) is 3. The number of carbonyl (C=O) groups excluding carboxylic acids is 1. The largest absolute Gasteiger partial charge is 0.573 e. The predicted octanol–water partition coefficient (Wildman–Crippen LogP) is 4.84. The molecule has 1 N–H and O–H groups in total. The van der Waals surface area contributed by atoms with Crippen LogP contribution in [0.3, 0.4) is 0 Å². The number of alkyl halides is 3. The molecule has 0 unspecified atom stereocenters. The highest BCUT2D eigenvalue weighted by molar-refractivity contribution is 6.08. The first kappa shape index (κ1) is 21.1. The fourth-order valence-corrected chi connectivity index (χ4v) is 3.74. The summed E-state index contributed by atoms with van der Waals surface area (Å²) in [5, 5.41) is 2.60. The van der Waals surface area contributed by atoms with Crippen molar-refractivity contribution < 1.29 is 32.2 Å². The van der Waals surface area contributed by atoms with Crippen molar-refractivity contribution >= 4 is 17.4 Å². The molecule has 0 atom stereocenters. The van der Waals surface area contributed by atoms with E-state index in [9.17, 15) is 18.0 Å². The standard InChI is InChI=1S/C23H18F3N3O4/c24-23(25,26)33-16-2-4-20-18(13-16)28-22(30)17-11-14(1-3-19(17)32-20)15-5-6-27-21(12-15)29-7-9-31-10-8-29/h1-6,11-13H,7-10H2,(H,28,30). The summed E-state index contributed by atoms with van der Waals surface area (Å²) in [6.07, 6.45) is -3.13. The van der Waals surface area contributed by atoms with E-state index < -0.39 is 18.0 Å². The fourth-order valence-electron chi connectivity index (χ4n) is 3.74. The topological polar surface area (TPSA) is 72.9 Å². The highest BCUT2D eigenvalue weighted by Crippen LogP contribution is 2.40. The minimum atomic E-state index is -4.84. The maximum Gasteiger partial charge on any atom is 0.573 e. The Morgan fingerprint density at radius 1 is 0.970 bits per heavy atom. The summed E-state index contributed by atoms with van der Waals surface area (Å²) in [4.78, 5) is 19.4. The van der Waals surface area contributed by atoms with E-state index >= 15 is 0 Å². The van der Waals surface area contributed by atoms with Crippen molar-refractivity contribution in [3.8, 4) is 28.4 Å². The summed E-state index contributed by atoms with van der Waals surface area (Å²) < 4.78 is 52.8. The summed E-state index contributed by atoms with van der Waals surface area (Å²) >= 11 is 0. The van der Waals surface area contributed by atoms with Gasteiger partial charge < -0.3 is 24.4 Å². The second-order valence-electron chi connectivity index (χ2n) is 7.48. The van der Waals surface area contributed by atoms with Crippen LogP contribution in [0.25, 0.3) is 11.1 Å². The lowest BCUT2D eigenvalue weighted by Crippen LogP contribution is -2.36. The van der Waals surface area contributed by atoms with Crippen molar-refractivity contribution in [2.45, 2.75) is 6.36 Å². The van der Waals surface area contributed by atoms with Crippen molar-refractivity contribution in [3.63, 3.8) is 0 Å². The van der Waals surface area contributed by atoms with Crippen LogP contribution in [0, 0.1) is 0 Å². The number of benzene rings is 2. The highest BCUT2D eigenvalue weighted by atomic mass is 19.4. The van der Waals surface area contributed by atoms with Gasteiger partial charge in [-0.1, -0.05) is 6.07 Å². The molecule has 2 aliphatic rings. The fraction of sp³-hybridized carbons (Fsp3) is 0.217. The number of anilines is 2. The first-order valence-corrected chi connectivity index (χ1v) is 10.2. The molecule has 7 nitrogen and oxygen atoms in total. The van der Waals surface area contributed by atoms with Crippen LogP contribution in [0.1, 0.15) is 10.4 Å². The molecule has 1 saturated heterocycles. The average Bonchev–Trinajstić information content (AvgIpc) is 2.94. The molecule has 3 heterocycles. The lowest BCUT2D eigenvalue weighted by Gasteiger charge is -2.28. The van der Waals surface area contributed by atoms with Gasteiger partial charge in [-0.15, -0.1) is 13.2 Å². The Balaban J connectivity index is 1.44. The predicted molar refractivity (Wildman–Crippen MR) is 114 cm³/mol. The third-order valence-electron chi connectivity index (χ3n) is 5.29. The highest BCUT2D eigenvalue weighted by Gasteiger charge is 2.32. The number of hydrogen-bond acceptors (Lipinski definition) is 6. The van der Waals surface area contributed by atoms with Gasteiger partial charge in [0, 0.05) is 25.4 Å². The third-order valence-corrected chi connectivity index (χ3v) is 5.29. The van der Waals surface area contributed by atoms with Crippen molar-refractivity contribution in [2.24, 2.45) is 0 Å². The first-order valence-electron chi connectivity index (χ1n) is 10.2. The zero-order valence-electron chi connectivity index (χ0n) is 17.2. The van der Waals surface area contributed by atoms with Crippen LogP contribution in [0.15, 0.2) is 54.7 Å². The zero-order valence-corrected chi connectivity index (χ0v) is 17.2. The lowest BCUT2D eigenvalue weighted by atomic mass is 10.0. The number of carbonyl (C=O) groups is 1. The molecule has 0 aliphatic carbocycles. The van der Waals surface area contributed by atoms with Crippen LogP contribution in [0.5, 0.6) is 17.2 Å². The van der Waals surface area contributed by atoms with Crippen molar-refractivity contribution in [1.29, 1.82) is 0 Å². The Morgan fingerprint density at radius 3 is 2.52 bits per heavy atom. The van der Waals surface area contributed by atoms with Gasteiger partial charge in [-0.2, -0.15) is 0 Å². The molecule has 2 aliphatic heterocycles. The molecule has 170 valence electrons. The number of morpholine rings is 1. The number of nitrogens with zero attached hydrogens (tertiary/aromatic N) is 2. The molecular formula is C23H18F3N3O4. The van der Waals surface area contributed by atoms with Gasteiger partial charge in [0.15, 0.2) is 5.75 Å². The Labute approximate surface area is 186 Å². The van der Waals surface area contributed by atoms with Crippen LogP contribution in [0.4, 0.5) is 24.7 Å². The maximum absolute atomic E-state index is 12.9. The van der Waals surface area contributed by atoms with Gasteiger partial charge in [0.1, 0.15) is 17.3 Å². The third kappa shape index (κ3) is 4.56. The molecule has 1 aromatic heterocycles. The van der Waals surface area contributed by atoms with E-state index in [0.717, 1.165) is 42.2 Å². The van der Waals surface area contributed by atoms with Gasteiger partial charge >= 0.3 is 6.36 Å². The maximum atomic E-state index is 12.9. The van der Waals surface area contributed by atoms with Crippen molar-refractivity contribution in [2.75, 3.05) is 36.5 Å². The Bertz CT molecular complexity index is 1210. The number of halogens is 3. The molecule has 0 radical (unpaired) electrons. The number of hydrogen-bond donors (Lipinski definition) is 1. The van der Waals surface area contributed by atoms with Gasteiger partial charge in [0.2, 0.25) is 0 Å². The van der Waals surface area contributed by atoms with E-state index in [4.69, 9.17) is 9.47 Å². The minimum Gasteiger partial charge on any atom is -0.454 e. The summed E-state index contributed by atoms with van der Waals surface area (Å²) in [5.74, 6) is 0.363. The molecule has 10 heteroatoms. The van der Waals surface area contributed by atoms with Gasteiger partial charge in [0.05, 0.1) is 24.5 Å². The van der Waals surface area contributed by atoms with Gasteiger partial charge in [-0.3, -0.25) is 4.79 Å². The number of nitrogens with one attached hydrogen (secondary N) is 1. The normalized spacial score (nSPS) is 15.6. The summed E-state index contributed by atoms with van der Waals surface area (Å²) in [7, 11) is 0. The lowest BCUT2D eigenvalue weighted by molar-refractivity contribution is -0.274. The summed E-state index contributed by atoms with van der Waals surface area (Å²) in [6, 6.07) is 12.5. The molecule has 1 fully saturated rings. The zero-order chi connectivity index (χ0) is 23.0. The number of rotatable bonds is 3. The number of amides is 1. The number of fused-ring (bicyclic) bond motifs is 2. The second-order valence-corrected chi connectivity index (χ2v) is 7.48. The van der Waals surface area contributed by atoms with E-state index in [1.807, 2.05) is 18.2 Å². The van der Waals surface area contributed by atoms with E-state index in [1.165, 1.54) is 6.07 Å². The van der Waals surface area contributed by atoms with Crippen LogP contribution >= 0.6 is 0 Å². The van der Waals surface area contributed by atoms with Crippen LogP contribution in [-0.2, 0) is 4.74 Å². The van der Waals surface area contributed by atoms with E-state index in [-0.39, 0.29) is 17.0 Å². The van der Waals surface area contributed by atoms with Crippen molar-refractivity contribution in [3.05, 3.63) is 60.3 Å². The summed E-state index contributed by atoms with van der Waals surface area (Å²) in [5.41, 5.74) is 1.98. The molecule has 0 bridgehead atoms. The molecule has 0 spiro atoms.